The van der Waals surface area contributed by atoms with E-state index < -0.39 is 0 Å². The van der Waals surface area contributed by atoms with Crippen molar-refractivity contribution < 1.29 is 8.83 Å². The number of hydrogen-bond acceptors (Lipinski definition) is 4. The highest BCUT2D eigenvalue weighted by Gasteiger charge is 2.23. The highest BCUT2D eigenvalue weighted by atomic mass is 16.3. The molecule has 0 radical (unpaired) electrons. The Morgan fingerprint density at radius 1 is 0.469 bits per heavy atom. The van der Waals surface area contributed by atoms with Crippen LogP contribution in [0.2, 0.25) is 0 Å². The molecule has 0 unspecified atom stereocenters. The first-order valence-electron chi connectivity index (χ1n) is 16.4. The first-order chi connectivity index (χ1) is 24.3. The Morgan fingerprint density at radius 2 is 1.20 bits per heavy atom. The highest BCUT2D eigenvalue weighted by Crippen LogP contribution is 2.42. The molecule has 0 amide bonds. The van der Waals surface area contributed by atoms with Gasteiger partial charge in [-0.25, -0.2) is 9.97 Å². The number of fused-ring (bicyclic) bond motifs is 11. The molecular weight excluding hydrogens is 603 g/mol. The molecule has 0 fully saturated rings. The summed E-state index contributed by atoms with van der Waals surface area (Å²) in [6, 6.07) is 52.6. The number of para-hydroxylation sites is 3. The van der Waals surface area contributed by atoms with Gasteiger partial charge in [-0.2, -0.15) is 0 Å². The van der Waals surface area contributed by atoms with Crippen LogP contribution in [0.3, 0.4) is 0 Å². The van der Waals surface area contributed by atoms with E-state index in [1.54, 1.807) is 0 Å². The summed E-state index contributed by atoms with van der Waals surface area (Å²) < 4.78 is 15.5. The lowest BCUT2D eigenvalue weighted by molar-refractivity contribution is 0.662. The maximum atomic E-state index is 6.68. The molecule has 0 bridgehead atoms. The van der Waals surface area contributed by atoms with Crippen LogP contribution in [0.5, 0.6) is 0 Å². The van der Waals surface area contributed by atoms with Crippen molar-refractivity contribution >= 4 is 76.6 Å². The minimum absolute atomic E-state index is 0.632. The number of hydrogen-bond donors (Lipinski definition) is 0. The predicted molar refractivity (Wildman–Crippen MR) is 199 cm³/mol. The minimum Gasteiger partial charge on any atom is -0.455 e. The van der Waals surface area contributed by atoms with E-state index in [1.807, 2.05) is 48.5 Å². The molecule has 0 aliphatic carbocycles. The molecule has 0 spiro atoms. The Kier molecular flexibility index (Phi) is 5.32. The van der Waals surface area contributed by atoms with E-state index in [1.165, 1.54) is 21.5 Å². The third-order valence-corrected chi connectivity index (χ3v) is 9.81. The second-order valence-electron chi connectivity index (χ2n) is 12.5. The number of benzene rings is 7. The predicted octanol–water partition coefficient (Wildman–Crippen LogP) is 11.9. The lowest BCUT2D eigenvalue weighted by Crippen LogP contribution is -1.95. The van der Waals surface area contributed by atoms with Crippen LogP contribution in [0, 0.1) is 0 Å². The summed E-state index contributed by atoms with van der Waals surface area (Å²) in [5, 5.41) is 7.99. The molecule has 4 heterocycles. The van der Waals surface area contributed by atoms with Gasteiger partial charge in [-0.3, -0.25) is 0 Å². The molecule has 0 atom stereocenters. The molecule has 5 nitrogen and oxygen atoms in total. The van der Waals surface area contributed by atoms with E-state index >= 15 is 0 Å². The van der Waals surface area contributed by atoms with Crippen molar-refractivity contribution in [1.29, 1.82) is 0 Å². The van der Waals surface area contributed by atoms with E-state index in [0.29, 0.717) is 17.1 Å². The molecule has 4 aromatic heterocycles. The topological polar surface area (TPSA) is 57.0 Å². The minimum atomic E-state index is 0.632. The molecule has 0 aliphatic heterocycles. The Morgan fingerprint density at radius 3 is 2.12 bits per heavy atom. The van der Waals surface area contributed by atoms with E-state index in [0.717, 1.165) is 66.3 Å². The van der Waals surface area contributed by atoms with Gasteiger partial charge in [0.2, 0.25) is 0 Å². The standard InChI is InChI=1S/C44H25N3O2/c1-2-12-27(13-3-1)44-45-40(33-18-10-17-31-30-15-7-9-20-37(30)48-42(31)33)43-41(46-44)34-25-28(22-24-38(34)49-43)47-35-19-8-6-16-32(35)39-29-14-5-4-11-26(29)21-23-36(39)47/h1-25H. The molecule has 49 heavy (non-hydrogen) atoms. The Labute approximate surface area is 279 Å². The molecule has 5 heteroatoms. The maximum absolute atomic E-state index is 6.68. The molecule has 0 N–H and O–H groups in total. The molecule has 0 aliphatic rings. The third kappa shape index (κ3) is 3.75. The van der Waals surface area contributed by atoms with Gasteiger partial charge in [0.15, 0.2) is 11.4 Å². The van der Waals surface area contributed by atoms with Gasteiger partial charge >= 0.3 is 0 Å². The zero-order chi connectivity index (χ0) is 32.1. The van der Waals surface area contributed by atoms with Crippen LogP contribution in [0.4, 0.5) is 0 Å². The van der Waals surface area contributed by atoms with Gasteiger partial charge in [0, 0.05) is 43.7 Å². The van der Waals surface area contributed by atoms with Crippen molar-refractivity contribution in [1.82, 2.24) is 14.5 Å². The van der Waals surface area contributed by atoms with Crippen LogP contribution in [0.1, 0.15) is 0 Å². The van der Waals surface area contributed by atoms with E-state index in [2.05, 4.69) is 108 Å². The van der Waals surface area contributed by atoms with Crippen LogP contribution >= 0.6 is 0 Å². The van der Waals surface area contributed by atoms with Crippen molar-refractivity contribution in [3.63, 3.8) is 0 Å². The summed E-state index contributed by atoms with van der Waals surface area (Å²) in [4.78, 5) is 10.4. The third-order valence-electron chi connectivity index (χ3n) is 9.81. The molecule has 11 rings (SSSR count). The average molecular weight is 628 g/mol. The lowest BCUT2D eigenvalue weighted by atomic mass is 10.0. The quantitative estimate of drug-likeness (QED) is 0.196. The fourth-order valence-corrected chi connectivity index (χ4v) is 7.62. The van der Waals surface area contributed by atoms with Gasteiger partial charge in [0.05, 0.1) is 11.0 Å². The molecule has 0 saturated carbocycles. The Balaban J connectivity index is 1.22. The average Bonchev–Trinajstić information content (AvgIpc) is 3.84. The van der Waals surface area contributed by atoms with Crippen molar-refractivity contribution in [2.24, 2.45) is 0 Å². The fraction of sp³-hybridized carbons (Fsp3) is 0. The van der Waals surface area contributed by atoms with Gasteiger partial charge in [-0.1, -0.05) is 109 Å². The van der Waals surface area contributed by atoms with Crippen LogP contribution in [-0.4, -0.2) is 14.5 Å². The van der Waals surface area contributed by atoms with Gasteiger partial charge in [0.1, 0.15) is 28.0 Å². The summed E-state index contributed by atoms with van der Waals surface area (Å²) in [6.45, 7) is 0. The Bertz CT molecular complexity index is 3110. The SMILES string of the molecule is c1ccc(-c2nc(-c3cccc4c3oc3ccccc34)c3oc4ccc(-n5c6ccccc6c6c7ccccc7ccc65)cc4c3n2)cc1. The molecule has 7 aromatic carbocycles. The molecule has 11 aromatic rings. The second kappa shape index (κ2) is 9.89. The second-order valence-corrected chi connectivity index (χ2v) is 12.5. The largest absolute Gasteiger partial charge is 0.455 e. The Hall–Kier alpha value is -6.72. The maximum Gasteiger partial charge on any atom is 0.180 e. The van der Waals surface area contributed by atoms with Crippen molar-refractivity contribution in [2.45, 2.75) is 0 Å². The number of nitrogens with zero attached hydrogens (tertiary/aromatic N) is 3. The van der Waals surface area contributed by atoms with Gasteiger partial charge in [-0.15, -0.1) is 0 Å². The summed E-state index contributed by atoms with van der Waals surface area (Å²) in [5.41, 5.74) is 9.62. The number of aromatic nitrogens is 3. The fourth-order valence-electron chi connectivity index (χ4n) is 7.62. The lowest BCUT2D eigenvalue weighted by Gasteiger charge is -2.09. The molecular formula is C44H25N3O2. The normalized spacial score (nSPS) is 12.1. The van der Waals surface area contributed by atoms with Crippen molar-refractivity contribution in [3.05, 3.63) is 152 Å². The monoisotopic (exact) mass is 627 g/mol. The summed E-state index contributed by atoms with van der Waals surface area (Å²) in [6.07, 6.45) is 0. The first kappa shape index (κ1) is 26.4. The van der Waals surface area contributed by atoms with E-state index in [9.17, 15) is 0 Å². The zero-order valence-corrected chi connectivity index (χ0v) is 26.1. The van der Waals surface area contributed by atoms with Crippen LogP contribution in [-0.2, 0) is 0 Å². The smallest absolute Gasteiger partial charge is 0.180 e. The number of rotatable bonds is 3. The van der Waals surface area contributed by atoms with Crippen LogP contribution in [0.25, 0.3) is 105 Å². The van der Waals surface area contributed by atoms with Crippen molar-refractivity contribution in [2.75, 3.05) is 0 Å². The molecule has 0 saturated heterocycles. The van der Waals surface area contributed by atoms with E-state index in [-0.39, 0.29) is 0 Å². The van der Waals surface area contributed by atoms with Gasteiger partial charge in [-0.05, 0) is 53.2 Å². The highest BCUT2D eigenvalue weighted by molar-refractivity contribution is 6.21. The van der Waals surface area contributed by atoms with Gasteiger partial charge in [0.25, 0.3) is 0 Å². The summed E-state index contributed by atoms with van der Waals surface area (Å²) in [7, 11) is 0. The summed E-state index contributed by atoms with van der Waals surface area (Å²) >= 11 is 0. The van der Waals surface area contributed by atoms with Crippen LogP contribution in [0.15, 0.2) is 160 Å². The zero-order valence-electron chi connectivity index (χ0n) is 26.1. The van der Waals surface area contributed by atoms with E-state index in [4.69, 9.17) is 18.8 Å². The van der Waals surface area contributed by atoms with Crippen molar-refractivity contribution in [3.8, 4) is 28.3 Å². The molecule has 228 valence electrons. The van der Waals surface area contributed by atoms with Gasteiger partial charge < -0.3 is 13.4 Å². The number of furan rings is 2. The summed E-state index contributed by atoms with van der Waals surface area (Å²) in [5.74, 6) is 0.632. The van der Waals surface area contributed by atoms with Crippen LogP contribution < -0.4 is 0 Å². The first-order valence-corrected chi connectivity index (χ1v) is 16.4.